The molecule has 1 aromatic carbocycles. The number of ether oxygens (including phenoxy) is 1. The Balaban J connectivity index is 1.86. The van der Waals surface area contributed by atoms with Crippen LogP contribution >= 0.6 is 0 Å². The third kappa shape index (κ3) is 4.38. The molecule has 23 heavy (non-hydrogen) atoms. The Morgan fingerprint density at radius 3 is 2.48 bits per heavy atom. The minimum Gasteiger partial charge on any atom is -0.445 e. The van der Waals surface area contributed by atoms with E-state index in [4.69, 9.17) is 4.74 Å². The summed E-state index contributed by atoms with van der Waals surface area (Å²) in [6, 6.07) is 8.78. The Hall–Kier alpha value is -2.23. The van der Waals surface area contributed by atoms with Crippen molar-refractivity contribution in [3.05, 3.63) is 47.7 Å². The Labute approximate surface area is 130 Å². The number of nitrogens with zero attached hydrogens (tertiary/aromatic N) is 1. The van der Waals surface area contributed by atoms with E-state index < -0.39 is 34.0 Å². The highest BCUT2D eigenvalue weighted by molar-refractivity contribution is 7.87. The van der Waals surface area contributed by atoms with E-state index in [1.807, 2.05) is 0 Å². The van der Waals surface area contributed by atoms with Crippen LogP contribution in [0.5, 0.6) is 0 Å². The van der Waals surface area contributed by atoms with E-state index >= 15 is 0 Å². The summed E-state index contributed by atoms with van der Waals surface area (Å²) in [5, 5.41) is 0. The standard InChI is InChI=1S/C13H12F3NO5S/c14-13(15,16)23(19,20)22-11-6-7-17(8-11)12(18)21-9-10-4-2-1-3-5-10/h1-6H,7-9H2. The van der Waals surface area contributed by atoms with Crippen molar-refractivity contribution in [2.45, 2.75) is 12.1 Å². The van der Waals surface area contributed by atoms with Gasteiger partial charge in [-0.15, -0.1) is 0 Å². The average molecular weight is 351 g/mol. The number of benzene rings is 1. The highest BCUT2D eigenvalue weighted by Crippen LogP contribution is 2.27. The lowest BCUT2D eigenvalue weighted by Crippen LogP contribution is -2.31. The lowest BCUT2D eigenvalue weighted by molar-refractivity contribution is -0.0523. The van der Waals surface area contributed by atoms with E-state index in [-0.39, 0.29) is 13.2 Å². The van der Waals surface area contributed by atoms with Crippen LogP contribution in [0.2, 0.25) is 0 Å². The second-order valence-electron chi connectivity index (χ2n) is 4.57. The van der Waals surface area contributed by atoms with Crippen LogP contribution in [-0.2, 0) is 25.6 Å². The molecule has 0 atom stereocenters. The van der Waals surface area contributed by atoms with E-state index in [1.54, 1.807) is 30.3 Å². The van der Waals surface area contributed by atoms with Gasteiger partial charge in [0.25, 0.3) is 0 Å². The summed E-state index contributed by atoms with van der Waals surface area (Å²) in [6.07, 6.45) is 0.292. The van der Waals surface area contributed by atoms with Crippen LogP contribution in [0.1, 0.15) is 5.56 Å². The molecule has 1 aliphatic rings. The smallest absolute Gasteiger partial charge is 0.445 e. The zero-order valence-electron chi connectivity index (χ0n) is 11.6. The van der Waals surface area contributed by atoms with Crippen LogP contribution in [0.25, 0.3) is 0 Å². The first-order valence-corrected chi connectivity index (χ1v) is 7.75. The maximum atomic E-state index is 12.2. The molecule has 0 radical (unpaired) electrons. The summed E-state index contributed by atoms with van der Waals surface area (Å²) in [5.74, 6) is -0.473. The van der Waals surface area contributed by atoms with E-state index in [0.29, 0.717) is 0 Å². The minimum atomic E-state index is -5.73. The van der Waals surface area contributed by atoms with Crippen LogP contribution in [0.4, 0.5) is 18.0 Å². The molecule has 126 valence electrons. The summed E-state index contributed by atoms with van der Waals surface area (Å²) in [7, 11) is -5.73. The third-order valence-electron chi connectivity index (χ3n) is 2.85. The number of alkyl halides is 3. The van der Waals surface area contributed by atoms with E-state index in [2.05, 4.69) is 4.18 Å². The molecule has 6 nitrogen and oxygen atoms in total. The predicted octanol–water partition coefficient (Wildman–Crippen LogP) is 2.39. The summed E-state index contributed by atoms with van der Waals surface area (Å²) in [4.78, 5) is 12.8. The fourth-order valence-corrected chi connectivity index (χ4v) is 2.22. The first-order chi connectivity index (χ1) is 10.7. The number of halogens is 3. The van der Waals surface area contributed by atoms with Crippen molar-refractivity contribution in [3.8, 4) is 0 Å². The molecule has 1 heterocycles. The fourth-order valence-electron chi connectivity index (χ4n) is 1.73. The number of hydrogen-bond donors (Lipinski definition) is 0. The zero-order chi connectivity index (χ0) is 17.1. The molecule has 0 aliphatic carbocycles. The molecular weight excluding hydrogens is 339 g/mol. The second kappa shape index (κ2) is 6.49. The molecule has 2 rings (SSSR count). The molecule has 10 heteroatoms. The predicted molar refractivity (Wildman–Crippen MR) is 72.3 cm³/mol. The van der Waals surface area contributed by atoms with Crippen LogP contribution in [0.3, 0.4) is 0 Å². The highest BCUT2D eigenvalue weighted by atomic mass is 32.2. The van der Waals surface area contributed by atoms with Gasteiger partial charge in [-0.2, -0.15) is 21.6 Å². The van der Waals surface area contributed by atoms with Gasteiger partial charge in [-0.25, -0.2) is 4.79 Å². The summed E-state index contributed by atoms with van der Waals surface area (Å²) >= 11 is 0. The van der Waals surface area contributed by atoms with Crippen molar-refractivity contribution in [2.75, 3.05) is 13.1 Å². The molecule has 0 saturated heterocycles. The topological polar surface area (TPSA) is 72.9 Å². The summed E-state index contributed by atoms with van der Waals surface area (Å²) in [6.45, 7) is -0.521. The molecule has 1 aromatic rings. The normalized spacial score (nSPS) is 15.3. The van der Waals surface area contributed by atoms with Crippen LogP contribution < -0.4 is 0 Å². The van der Waals surface area contributed by atoms with Crippen molar-refractivity contribution in [1.29, 1.82) is 0 Å². The van der Waals surface area contributed by atoms with Gasteiger partial charge in [0.15, 0.2) is 0 Å². The quantitative estimate of drug-likeness (QED) is 0.615. The van der Waals surface area contributed by atoms with Gasteiger partial charge in [-0.1, -0.05) is 30.3 Å². The number of amides is 1. The monoisotopic (exact) mass is 351 g/mol. The maximum Gasteiger partial charge on any atom is 0.534 e. The van der Waals surface area contributed by atoms with E-state index in [1.165, 1.54) is 0 Å². The SMILES string of the molecule is O=C(OCc1ccccc1)N1CC=C(OS(=O)(=O)C(F)(F)F)C1. The minimum absolute atomic E-state index is 0.00673. The van der Waals surface area contributed by atoms with E-state index in [0.717, 1.165) is 16.5 Å². The summed E-state index contributed by atoms with van der Waals surface area (Å²) < 4.78 is 67.3. The fraction of sp³-hybridized carbons (Fsp3) is 0.308. The number of carbonyl (C=O) groups excluding carboxylic acids is 1. The third-order valence-corrected chi connectivity index (χ3v) is 3.85. The molecular formula is C13H12F3NO5S. The van der Waals surface area contributed by atoms with Crippen molar-refractivity contribution < 1.29 is 35.3 Å². The van der Waals surface area contributed by atoms with Gasteiger partial charge in [0.1, 0.15) is 12.4 Å². The van der Waals surface area contributed by atoms with E-state index in [9.17, 15) is 26.4 Å². The zero-order valence-corrected chi connectivity index (χ0v) is 12.4. The lowest BCUT2D eigenvalue weighted by atomic mass is 10.2. The first-order valence-electron chi connectivity index (χ1n) is 6.34. The maximum absolute atomic E-state index is 12.2. The Morgan fingerprint density at radius 1 is 1.22 bits per heavy atom. The Kier molecular flexibility index (Phi) is 4.83. The van der Waals surface area contributed by atoms with Gasteiger partial charge in [-0.3, -0.25) is 4.90 Å². The average Bonchev–Trinajstić information content (AvgIpc) is 2.92. The molecule has 1 amide bonds. The van der Waals surface area contributed by atoms with Crippen molar-refractivity contribution >= 4 is 16.2 Å². The highest BCUT2D eigenvalue weighted by Gasteiger charge is 2.49. The molecule has 0 N–H and O–H groups in total. The molecule has 0 saturated carbocycles. The molecule has 0 spiro atoms. The molecule has 0 fully saturated rings. The number of hydrogen-bond acceptors (Lipinski definition) is 5. The van der Waals surface area contributed by atoms with Gasteiger partial charge in [0.2, 0.25) is 0 Å². The van der Waals surface area contributed by atoms with Crippen LogP contribution in [0.15, 0.2) is 42.2 Å². The largest absolute Gasteiger partial charge is 0.534 e. The Bertz CT molecular complexity index is 700. The first kappa shape index (κ1) is 17.1. The van der Waals surface area contributed by atoms with Gasteiger partial charge in [0.05, 0.1) is 6.54 Å². The van der Waals surface area contributed by atoms with Crippen LogP contribution in [-0.4, -0.2) is 38.0 Å². The molecule has 0 bridgehead atoms. The van der Waals surface area contributed by atoms with Gasteiger partial charge in [-0.05, 0) is 11.6 Å². The van der Waals surface area contributed by atoms with Crippen molar-refractivity contribution in [2.24, 2.45) is 0 Å². The lowest BCUT2D eigenvalue weighted by Gasteiger charge is -2.16. The molecule has 0 unspecified atom stereocenters. The van der Waals surface area contributed by atoms with Gasteiger partial charge in [0, 0.05) is 6.54 Å². The Morgan fingerprint density at radius 2 is 1.87 bits per heavy atom. The van der Waals surface area contributed by atoms with Crippen molar-refractivity contribution in [1.82, 2.24) is 4.90 Å². The van der Waals surface area contributed by atoms with Gasteiger partial charge < -0.3 is 8.92 Å². The van der Waals surface area contributed by atoms with Crippen LogP contribution in [0, 0.1) is 0 Å². The number of carbonyl (C=O) groups is 1. The van der Waals surface area contributed by atoms with Gasteiger partial charge >= 0.3 is 21.7 Å². The second-order valence-corrected chi connectivity index (χ2v) is 6.11. The molecule has 1 aliphatic heterocycles. The number of rotatable bonds is 4. The van der Waals surface area contributed by atoms with Crippen molar-refractivity contribution in [3.63, 3.8) is 0 Å². The summed E-state index contributed by atoms with van der Waals surface area (Å²) in [5.41, 5.74) is -4.78. The molecule has 0 aromatic heterocycles.